The van der Waals surface area contributed by atoms with Crippen LogP contribution in [-0.2, 0) is 0 Å². The maximum absolute atomic E-state index is 11.2. The Morgan fingerprint density at radius 3 is 2.33 bits per heavy atom. The topological polar surface area (TPSA) is 130 Å². The first-order valence-electron chi connectivity index (χ1n) is 6.90. The largest absolute Gasteiger partial charge is 0.507 e. The van der Waals surface area contributed by atoms with Crippen LogP contribution in [-0.4, -0.2) is 23.1 Å². The Morgan fingerprint density at radius 1 is 1.08 bits per heavy atom. The van der Waals surface area contributed by atoms with Gasteiger partial charge in [-0.3, -0.25) is 4.79 Å². The number of azo groups is 1. The van der Waals surface area contributed by atoms with E-state index in [0.29, 0.717) is 22.5 Å². The predicted octanol–water partition coefficient (Wildman–Crippen LogP) is 3.01. The second-order valence-corrected chi connectivity index (χ2v) is 4.78. The zero-order valence-corrected chi connectivity index (χ0v) is 12.8. The van der Waals surface area contributed by atoms with E-state index in [1.165, 1.54) is 25.3 Å². The Bertz CT molecular complexity index is 813. The Morgan fingerprint density at radius 2 is 1.71 bits per heavy atom. The number of ketones is 1. The Balaban J connectivity index is 2.15. The lowest BCUT2D eigenvalue weighted by atomic mass is 10.1. The average Bonchev–Trinajstić information content (AvgIpc) is 2.55. The molecule has 0 saturated carbocycles. The molecule has 2 aromatic carbocycles. The van der Waals surface area contributed by atoms with Gasteiger partial charge in [-0.2, -0.15) is 15.3 Å². The molecule has 2 aromatic rings. The molecule has 0 bridgehead atoms. The molecule has 0 spiro atoms. The van der Waals surface area contributed by atoms with Crippen LogP contribution in [0.1, 0.15) is 22.8 Å². The Kier molecular flexibility index (Phi) is 5.35. The molecule has 0 atom stereocenters. The van der Waals surface area contributed by atoms with Gasteiger partial charge in [0, 0.05) is 11.1 Å². The molecule has 0 aromatic heterocycles. The molecule has 0 fully saturated rings. The van der Waals surface area contributed by atoms with Gasteiger partial charge >= 0.3 is 6.03 Å². The number of aromatic hydroxyl groups is 1. The molecule has 0 aliphatic heterocycles. The summed E-state index contributed by atoms with van der Waals surface area (Å²) in [5, 5.41) is 21.4. The van der Waals surface area contributed by atoms with Crippen molar-refractivity contribution >= 4 is 29.4 Å². The fraction of sp³-hybridized carbons (Fsp3) is 0.0625. The first-order valence-corrected chi connectivity index (χ1v) is 6.90. The lowest BCUT2D eigenvalue weighted by Crippen LogP contribution is -2.24. The van der Waals surface area contributed by atoms with Crippen molar-refractivity contribution in [2.75, 3.05) is 0 Å². The maximum Gasteiger partial charge on any atom is 0.332 e. The highest BCUT2D eigenvalue weighted by molar-refractivity contribution is 5.94. The number of nitrogens with two attached hydrogens (primary N) is 1. The van der Waals surface area contributed by atoms with Crippen molar-refractivity contribution in [2.45, 2.75) is 6.92 Å². The molecule has 0 saturated heterocycles. The molecule has 2 amide bonds. The molecule has 8 heteroatoms. The Labute approximate surface area is 137 Å². The number of urea groups is 1. The second-order valence-electron chi connectivity index (χ2n) is 4.78. The summed E-state index contributed by atoms with van der Waals surface area (Å²) in [6.45, 7) is 1.49. The van der Waals surface area contributed by atoms with Crippen LogP contribution in [0, 0.1) is 0 Å². The monoisotopic (exact) mass is 325 g/mol. The fourth-order valence-corrected chi connectivity index (χ4v) is 1.75. The summed E-state index contributed by atoms with van der Waals surface area (Å²) in [6, 6.07) is 10.4. The van der Waals surface area contributed by atoms with Crippen LogP contribution in [0.3, 0.4) is 0 Å². The van der Waals surface area contributed by atoms with Crippen LogP contribution in [0.4, 0.5) is 16.2 Å². The summed E-state index contributed by atoms with van der Waals surface area (Å²) in [6.07, 6.45) is 1.24. The first-order chi connectivity index (χ1) is 11.5. The summed E-state index contributed by atoms with van der Waals surface area (Å²) in [7, 11) is 0. The molecular formula is C16H15N5O3. The van der Waals surface area contributed by atoms with Crippen LogP contribution in [0.15, 0.2) is 57.8 Å². The summed E-state index contributed by atoms with van der Waals surface area (Å²) >= 11 is 0. The number of benzene rings is 2. The number of phenols is 1. The van der Waals surface area contributed by atoms with Crippen LogP contribution >= 0.6 is 0 Å². The van der Waals surface area contributed by atoms with Crippen molar-refractivity contribution in [3.05, 3.63) is 53.6 Å². The summed E-state index contributed by atoms with van der Waals surface area (Å²) < 4.78 is 0. The van der Waals surface area contributed by atoms with Crippen molar-refractivity contribution in [3.8, 4) is 5.75 Å². The molecule has 122 valence electrons. The van der Waals surface area contributed by atoms with E-state index in [9.17, 15) is 14.7 Å². The van der Waals surface area contributed by atoms with Gasteiger partial charge in [-0.15, -0.1) is 0 Å². The summed E-state index contributed by atoms with van der Waals surface area (Å²) in [5.41, 5.74) is 8.91. The molecule has 4 N–H and O–H groups in total. The minimum atomic E-state index is -0.810. The van der Waals surface area contributed by atoms with Gasteiger partial charge < -0.3 is 10.8 Å². The number of phenolic OH excluding ortho intramolecular Hbond substituents is 1. The number of primary amides is 1. The number of carbonyl (C=O) groups excluding carboxylic acids is 2. The van der Waals surface area contributed by atoms with Gasteiger partial charge in [0.1, 0.15) is 5.75 Å². The highest BCUT2D eigenvalue weighted by Crippen LogP contribution is 2.24. The molecular weight excluding hydrogens is 310 g/mol. The second kappa shape index (κ2) is 7.63. The van der Waals surface area contributed by atoms with Crippen molar-refractivity contribution in [3.63, 3.8) is 0 Å². The van der Waals surface area contributed by atoms with E-state index in [-0.39, 0.29) is 11.5 Å². The van der Waals surface area contributed by atoms with Crippen molar-refractivity contribution in [1.29, 1.82) is 0 Å². The van der Waals surface area contributed by atoms with E-state index in [1.54, 1.807) is 30.3 Å². The molecule has 0 radical (unpaired) electrons. The highest BCUT2D eigenvalue weighted by atomic mass is 16.3. The van der Waals surface area contributed by atoms with E-state index in [1.807, 2.05) is 5.43 Å². The van der Waals surface area contributed by atoms with E-state index in [0.717, 1.165) is 0 Å². The zero-order valence-electron chi connectivity index (χ0n) is 12.8. The van der Waals surface area contributed by atoms with Gasteiger partial charge in [0.25, 0.3) is 0 Å². The molecule has 0 unspecified atom stereocenters. The van der Waals surface area contributed by atoms with Crippen LogP contribution in [0.5, 0.6) is 5.75 Å². The molecule has 0 heterocycles. The van der Waals surface area contributed by atoms with Gasteiger partial charge in [0.15, 0.2) is 5.78 Å². The number of hydrogen-bond donors (Lipinski definition) is 3. The lowest BCUT2D eigenvalue weighted by Gasteiger charge is -2.00. The standard InChI is InChI=1S/C16H15N5O3/c1-10(22)11-2-4-13(5-3-11)19-20-14-6-7-15(23)12(8-14)9-18-21-16(17)24/h2-9,23H,1H3,(H3,17,21,24). The number of nitrogens with zero attached hydrogens (tertiary/aromatic N) is 3. The van der Waals surface area contributed by atoms with E-state index >= 15 is 0 Å². The van der Waals surface area contributed by atoms with Crippen LogP contribution in [0.25, 0.3) is 0 Å². The summed E-state index contributed by atoms with van der Waals surface area (Å²) in [4.78, 5) is 21.8. The van der Waals surface area contributed by atoms with Gasteiger partial charge in [-0.05, 0) is 49.4 Å². The van der Waals surface area contributed by atoms with Gasteiger partial charge in [0.2, 0.25) is 0 Å². The molecule has 0 aliphatic rings. The van der Waals surface area contributed by atoms with Gasteiger partial charge in [0.05, 0.1) is 17.6 Å². The number of hydrogen-bond acceptors (Lipinski definition) is 6. The predicted molar refractivity (Wildman–Crippen MR) is 89.0 cm³/mol. The van der Waals surface area contributed by atoms with Crippen LogP contribution in [0.2, 0.25) is 0 Å². The minimum Gasteiger partial charge on any atom is -0.507 e. The quantitative estimate of drug-likeness (QED) is 0.338. The van der Waals surface area contributed by atoms with Gasteiger partial charge in [-0.25, -0.2) is 10.2 Å². The third-order valence-corrected chi connectivity index (χ3v) is 2.94. The number of amides is 2. The highest BCUT2D eigenvalue weighted by Gasteiger charge is 2.01. The van der Waals surface area contributed by atoms with Crippen molar-refractivity contribution in [2.24, 2.45) is 21.1 Å². The lowest BCUT2D eigenvalue weighted by molar-refractivity contribution is 0.101. The third-order valence-electron chi connectivity index (χ3n) is 2.94. The number of hydrazone groups is 1. The van der Waals surface area contributed by atoms with Crippen molar-refractivity contribution < 1.29 is 14.7 Å². The summed E-state index contributed by atoms with van der Waals surface area (Å²) in [5.74, 6) is -0.0553. The first kappa shape index (κ1) is 16.8. The smallest absolute Gasteiger partial charge is 0.332 e. The van der Waals surface area contributed by atoms with Gasteiger partial charge in [-0.1, -0.05) is 0 Å². The fourth-order valence-electron chi connectivity index (χ4n) is 1.75. The van der Waals surface area contributed by atoms with E-state index in [2.05, 4.69) is 15.3 Å². The number of carbonyl (C=O) groups is 2. The normalized spacial score (nSPS) is 11.0. The molecule has 24 heavy (non-hydrogen) atoms. The Hall–Kier alpha value is -3.55. The number of rotatable bonds is 5. The van der Waals surface area contributed by atoms with E-state index in [4.69, 9.17) is 5.73 Å². The van der Waals surface area contributed by atoms with Crippen molar-refractivity contribution in [1.82, 2.24) is 5.43 Å². The third kappa shape index (κ3) is 4.73. The van der Waals surface area contributed by atoms with E-state index < -0.39 is 6.03 Å². The number of nitrogens with one attached hydrogen (secondary N) is 1. The van der Waals surface area contributed by atoms with Crippen LogP contribution < -0.4 is 11.2 Å². The molecule has 2 rings (SSSR count). The zero-order chi connectivity index (χ0) is 17.5. The molecule has 0 aliphatic carbocycles. The number of Topliss-reactive ketones (excluding diaryl/α,β-unsaturated/α-hetero) is 1. The maximum atomic E-state index is 11.2. The minimum absolute atomic E-state index is 0.0227. The molecule has 8 nitrogen and oxygen atoms in total. The SMILES string of the molecule is CC(=O)c1ccc(N=Nc2ccc(O)c(C=NNC(N)=O)c2)cc1. The average molecular weight is 325 g/mol.